The van der Waals surface area contributed by atoms with Gasteiger partial charge in [0.05, 0.1) is 16.6 Å². The Labute approximate surface area is 141 Å². The predicted molar refractivity (Wildman–Crippen MR) is 97.5 cm³/mol. The number of aromatic hydroxyl groups is 1. The third kappa shape index (κ3) is 2.14. The fourth-order valence-electron chi connectivity index (χ4n) is 2.98. The van der Waals surface area contributed by atoms with E-state index in [0.29, 0.717) is 5.56 Å². The number of hydrogen-bond acceptors (Lipinski definition) is 2. The summed E-state index contributed by atoms with van der Waals surface area (Å²) in [7, 11) is 0. The molecule has 3 aromatic carbocycles. The highest BCUT2D eigenvalue weighted by atomic mass is 79.9. The Morgan fingerprint density at radius 2 is 1.43 bits per heavy atom. The van der Waals surface area contributed by atoms with Gasteiger partial charge in [0.1, 0.15) is 11.6 Å². The number of para-hydroxylation sites is 2. The van der Waals surface area contributed by atoms with Crippen LogP contribution >= 0.6 is 15.9 Å². The number of nitrogens with zero attached hydrogens (tertiary/aromatic N) is 1. The van der Waals surface area contributed by atoms with Crippen LogP contribution in [0.25, 0.3) is 21.8 Å². The van der Waals surface area contributed by atoms with E-state index in [-0.39, 0.29) is 11.6 Å². The number of fused-ring (bicyclic) bond motifs is 3. The molecule has 0 unspecified atom stereocenters. The van der Waals surface area contributed by atoms with E-state index in [1.165, 1.54) is 0 Å². The van der Waals surface area contributed by atoms with E-state index >= 15 is 0 Å². The third-order valence-electron chi connectivity index (χ3n) is 4.02. The van der Waals surface area contributed by atoms with Crippen molar-refractivity contribution >= 4 is 43.6 Å². The Kier molecular flexibility index (Phi) is 3.20. The largest absolute Gasteiger partial charge is 0.507 e. The molecular formula is C19H13BrN2O. The van der Waals surface area contributed by atoms with Crippen LogP contribution in [0.1, 0.15) is 5.56 Å². The van der Waals surface area contributed by atoms with Crippen LogP contribution in [0.2, 0.25) is 0 Å². The number of phenolic OH excluding ortho intramolecular Hbond substituents is 1. The fourth-order valence-corrected chi connectivity index (χ4v) is 3.34. The predicted octanol–water partition coefficient (Wildman–Crippen LogP) is 5.14. The topological polar surface area (TPSA) is 49.0 Å². The van der Waals surface area contributed by atoms with Crippen molar-refractivity contribution in [3.05, 3.63) is 76.8 Å². The van der Waals surface area contributed by atoms with E-state index < -0.39 is 0 Å². The van der Waals surface area contributed by atoms with E-state index in [1.807, 2.05) is 41.0 Å². The van der Waals surface area contributed by atoms with Gasteiger partial charge in [-0.25, -0.2) is 0 Å². The van der Waals surface area contributed by atoms with Crippen LogP contribution in [0, 0.1) is 5.41 Å². The normalized spacial score (nSPS) is 11.2. The molecule has 4 rings (SSSR count). The van der Waals surface area contributed by atoms with E-state index in [0.717, 1.165) is 26.3 Å². The maximum atomic E-state index is 10.2. The molecular weight excluding hydrogens is 352 g/mol. The van der Waals surface area contributed by atoms with Gasteiger partial charge in [0, 0.05) is 15.2 Å². The molecule has 0 aliphatic carbocycles. The number of aromatic nitrogens is 1. The first-order chi connectivity index (χ1) is 11.2. The van der Waals surface area contributed by atoms with E-state index in [1.54, 1.807) is 18.2 Å². The molecule has 0 aliphatic rings. The van der Waals surface area contributed by atoms with Gasteiger partial charge in [-0.15, -0.1) is 0 Å². The van der Waals surface area contributed by atoms with E-state index in [9.17, 15) is 5.11 Å². The first-order valence-corrected chi connectivity index (χ1v) is 8.02. The summed E-state index contributed by atoms with van der Waals surface area (Å²) in [6.45, 7) is 0. The molecule has 4 heteroatoms. The number of hydrogen-bond donors (Lipinski definition) is 2. The molecule has 0 amide bonds. The molecule has 1 heterocycles. The molecule has 3 nitrogen and oxygen atoms in total. The van der Waals surface area contributed by atoms with Crippen molar-refractivity contribution in [2.75, 3.05) is 0 Å². The summed E-state index contributed by atoms with van der Waals surface area (Å²) >= 11 is 3.41. The van der Waals surface area contributed by atoms with Gasteiger partial charge in [-0.2, -0.15) is 0 Å². The number of rotatable bonds is 1. The lowest BCUT2D eigenvalue weighted by Gasteiger charge is -2.11. The summed E-state index contributed by atoms with van der Waals surface area (Å²) in [6.07, 6.45) is 0. The van der Waals surface area contributed by atoms with Gasteiger partial charge in [-0.1, -0.05) is 52.3 Å². The SMILES string of the molecule is N=C(c1cc(Br)ccc1O)n1c2ccccc2c2ccccc21. The fraction of sp³-hybridized carbons (Fsp3) is 0. The van der Waals surface area contributed by atoms with Crippen LogP contribution in [0.4, 0.5) is 0 Å². The minimum absolute atomic E-state index is 0.0973. The summed E-state index contributed by atoms with van der Waals surface area (Å²) in [4.78, 5) is 0. The molecule has 2 N–H and O–H groups in total. The number of phenols is 1. The van der Waals surface area contributed by atoms with Gasteiger partial charge >= 0.3 is 0 Å². The Hall–Kier alpha value is -2.59. The highest BCUT2D eigenvalue weighted by molar-refractivity contribution is 9.10. The van der Waals surface area contributed by atoms with Gasteiger partial charge < -0.3 is 5.11 Å². The Bertz CT molecular complexity index is 1010. The van der Waals surface area contributed by atoms with Gasteiger partial charge in [-0.3, -0.25) is 9.98 Å². The lowest BCUT2D eigenvalue weighted by atomic mass is 10.1. The molecule has 0 atom stereocenters. The van der Waals surface area contributed by atoms with E-state index in [4.69, 9.17) is 5.41 Å². The van der Waals surface area contributed by atoms with Crippen LogP contribution in [0.15, 0.2) is 71.2 Å². The van der Waals surface area contributed by atoms with Crippen molar-refractivity contribution in [2.45, 2.75) is 0 Å². The van der Waals surface area contributed by atoms with Crippen molar-refractivity contribution in [2.24, 2.45) is 0 Å². The zero-order valence-corrected chi connectivity index (χ0v) is 13.7. The van der Waals surface area contributed by atoms with Gasteiger partial charge in [0.15, 0.2) is 0 Å². The average Bonchev–Trinajstić information content (AvgIpc) is 2.91. The van der Waals surface area contributed by atoms with Crippen molar-refractivity contribution in [1.82, 2.24) is 4.57 Å². The number of halogens is 1. The van der Waals surface area contributed by atoms with Crippen molar-refractivity contribution in [3.8, 4) is 5.75 Å². The standard InChI is InChI=1S/C19H13BrN2O/c20-12-9-10-18(23)15(11-12)19(21)22-16-7-3-1-5-13(16)14-6-2-4-8-17(14)22/h1-11,21,23H. The zero-order chi connectivity index (χ0) is 16.0. The summed E-state index contributed by atoms with van der Waals surface area (Å²) < 4.78 is 2.71. The Balaban J connectivity index is 2.07. The first kappa shape index (κ1) is 14.0. The van der Waals surface area contributed by atoms with Gasteiger partial charge in [0.25, 0.3) is 0 Å². The second-order valence-electron chi connectivity index (χ2n) is 5.38. The molecule has 4 aromatic rings. The van der Waals surface area contributed by atoms with Crippen molar-refractivity contribution in [1.29, 1.82) is 5.41 Å². The monoisotopic (exact) mass is 364 g/mol. The Morgan fingerprint density at radius 1 is 0.870 bits per heavy atom. The molecule has 23 heavy (non-hydrogen) atoms. The molecule has 0 spiro atoms. The van der Waals surface area contributed by atoms with Crippen LogP contribution in [-0.2, 0) is 0 Å². The summed E-state index contributed by atoms with van der Waals surface area (Å²) in [6, 6.07) is 21.2. The minimum atomic E-state index is 0.0973. The highest BCUT2D eigenvalue weighted by Gasteiger charge is 2.16. The summed E-state index contributed by atoms with van der Waals surface area (Å²) in [5, 5.41) is 21.0. The summed E-state index contributed by atoms with van der Waals surface area (Å²) in [5.41, 5.74) is 2.40. The van der Waals surface area contributed by atoms with Crippen LogP contribution in [-0.4, -0.2) is 15.5 Å². The number of nitrogens with one attached hydrogen (secondary N) is 1. The third-order valence-corrected chi connectivity index (χ3v) is 4.51. The maximum absolute atomic E-state index is 10.2. The minimum Gasteiger partial charge on any atom is -0.507 e. The zero-order valence-electron chi connectivity index (χ0n) is 12.1. The van der Waals surface area contributed by atoms with Crippen LogP contribution < -0.4 is 0 Å². The Morgan fingerprint density at radius 3 is 2.04 bits per heavy atom. The molecule has 0 fully saturated rings. The molecule has 1 aromatic heterocycles. The number of benzene rings is 3. The lowest BCUT2D eigenvalue weighted by Crippen LogP contribution is -2.12. The molecule has 112 valence electrons. The second-order valence-corrected chi connectivity index (χ2v) is 6.30. The average molecular weight is 365 g/mol. The maximum Gasteiger partial charge on any atom is 0.141 e. The quantitative estimate of drug-likeness (QED) is 0.356. The van der Waals surface area contributed by atoms with E-state index in [2.05, 4.69) is 28.1 Å². The summed E-state index contributed by atoms with van der Waals surface area (Å²) in [5.74, 6) is 0.348. The lowest BCUT2D eigenvalue weighted by molar-refractivity contribution is 0.474. The van der Waals surface area contributed by atoms with Crippen molar-refractivity contribution in [3.63, 3.8) is 0 Å². The molecule has 0 saturated carbocycles. The molecule has 0 aliphatic heterocycles. The van der Waals surface area contributed by atoms with Crippen LogP contribution in [0.3, 0.4) is 0 Å². The van der Waals surface area contributed by atoms with Gasteiger partial charge in [0.2, 0.25) is 0 Å². The molecule has 0 bridgehead atoms. The van der Waals surface area contributed by atoms with Crippen LogP contribution in [0.5, 0.6) is 5.75 Å². The molecule has 0 saturated heterocycles. The second kappa shape index (κ2) is 5.25. The smallest absolute Gasteiger partial charge is 0.141 e. The van der Waals surface area contributed by atoms with Gasteiger partial charge in [-0.05, 0) is 30.3 Å². The highest BCUT2D eigenvalue weighted by Crippen LogP contribution is 2.31. The molecule has 0 radical (unpaired) electrons. The van der Waals surface area contributed by atoms with Crippen molar-refractivity contribution < 1.29 is 5.11 Å². The first-order valence-electron chi connectivity index (χ1n) is 7.23.